The summed E-state index contributed by atoms with van der Waals surface area (Å²) >= 11 is 5.74. The van der Waals surface area contributed by atoms with Crippen LogP contribution < -0.4 is 5.32 Å². The fraction of sp³-hybridized carbons (Fsp3) is 0.417. The second-order valence-corrected chi connectivity index (χ2v) is 4.75. The Morgan fingerprint density at radius 1 is 1.37 bits per heavy atom. The molecule has 0 unspecified atom stereocenters. The molecule has 1 heterocycles. The summed E-state index contributed by atoms with van der Waals surface area (Å²) in [6.45, 7) is 2.71. The van der Waals surface area contributed by atoms with Gasteiger partial charge in [-0.2, -0.15) is 0 Å². The molecule has 2 rings (SSSR count). The van der Waals surface area contributed by atoms with Gasteiger partial charge in [-0.05, 0) is 25.1 Å². The number of carbonyl (C=O) groups excluding carboxylic acids is 1. The number of amides is 1. The van der Waals surface area contributed by atoms with Gasteiger partial charge in [-0.3, -0.25) is 14.9 Å². The van der Waals surface area contributed by atoms with E-state index in [9.17, 15) is 14.9 Å². The number of nitro groups is 1. The molecular formula is C12H14ClN3O3. The lowest BCUT2D eigenvalue weighted by Crippen LogP contribution is -2.34. The van der Waals surface area contributed by atoms with E-state index in [1.807, 2.05) is 0 Å². The van der Waals surface area contributed by atoms with E-state index in [-0.39, 0.29) is 22.2 Å². The molecule has 0 bridgehead atoms. The van der Waals surface area contributed by atoms with Crippen molar-refractivity contribution in [3.8, 4) is 0 Å². The number of hydrogen-bond acceptors (Lipinski definition) is 4. The van der Waals surface area contributed by atoms with E-state index in [2.05, 4.69) is 5.32 Å². The van der Waals surface area contributed by atoms with Crippen LogP contribution in [0.2, 0.25) is 5.02 Å². The minimum Gasteiger partial charge on any atom is -0.337 e. The standard InChI is InChI=1S/C12H14ClN3O3/c13-9-2-3-10(11(8-9)16(18)19)12(17)15-6-1-4-14-5-7-15/h2-3,8,14H,1,4-7H2. The number of benzene rings is 1. The first-order valence-corrected chi connectivity index (χ1v) is 6.41. The number of rotatable bonds is 2. The Labute approximate surface area is 115 Å². The Morgan fingerprint density at radius 2 is 2.16 bits per heavy atom. The van der Waals surface area contributed by atoms with E-state index in [0.29, 0.717) is 19.6 Å². The Hall–Kier alpha value is -1.66. The molecule has 0 radical (unpaired) electrons. The van der Waals surface area contributed by atoms with Gasteiger partial charge in [-0.15, -0.1) is 0 Å². The van der Waals surface area contributed by atoms with Gasteiger partial charge in [0, 0.05) is 30.7 Å². The summed E-state index contributed by atoms with van der Waals surface area (Å²) < 4.78 is 0. The lowest BCUT2D eigenvalue weighted by Gasteiger charge is -2.19. The van der Waals surface area contributed by atoms with E-state index in [0.717, 1.165) is 13.0 Å². The third kappa shape index (κ3) is 3.21. The van der Waals surface area contributed by atoms with Crippen molar-refractivity contribution in [2.45, 2.75) is 6.42 Å². The zero-order valence-corrected chi connectivity index (χ0v) is 11.0. The Balaban J connectivity index is 2.29. The van der Waals surface area contributed by atoms with Crippen molar-refractivity contribution >= 4 is 23.2 Å². The molecule has 19 heavy (non-hydrogen) atoms. The van der Waals surface area contributed by atoms with Crippen LogP contribution in [0.15, 0.2) is 18.2 Å². The van der Waals surface area contributed by atoms with Crippen LogP contribution in [0.25, 0.3) is 0 Å². The lowest BCUT2D eigenvalue weighted by atomic mass is 10.1. The monoisotopic (exact) mass is 283 g/mol. The summed E-state index contributed by atoms with van der Waals surface area (Å²) in [6, 6.07) is 4.13. The molecule has 1 aromatic rings. The van der Waals surface area contributed by atoms with Crippen LogP contribution in [0, 0.1) is 10.1 Å². The summed E-state index contributed by atoms with van der Waals surface area (Å²) in [5.74, 6) is -0.313. The van der Waals surface area contributed by atoms with E-state index in [1.165, 1.54) is 18.2 Å². The molecule has 1 aliphatic heterocycles. The highest BCUT2D eigenvalue weighted by atomic mass is 35.5. The SMILES string of the molecule is O=C(c1ccc(Cl)cc1[N+](=O)[O-])N1CCCNCC1. The number of nitro benzene ring substituents is 1. The number of hydrogen-bond donors (Lipinski definition) is 1. The minimum atomic E-state index is -0.574. The topological polar surface area (TPSA) is 75.5 Å². The fourth-order valence-electron chi connectivity index (χ4n) is 2.06. The molecule has 1 N–H and O–H groups in total. The maximum Gasteiger partial charge on any atom is 0.283 e. The molecule has 1 aromatic carbocycles. The summed E-state index contributed by atoms with van der Waals surface area (Å²) in [5, 5.41) is 14.4. The molecule has 1 amide bonds. The minimum absolute atomic E-state index is 0.0938. The van der Waals surface area contributed by atoms with Crippen molar-refractivity contribution in [2.24, 2.45) is 0 Å². The number of nitrogens with zero attached hydrogens (tertiary/aromatic N) is 2. The highest BCUT2D eigenvalue weighted by molar-refractivity contribution is 6.31. The predicted octanol–water partition coefficient (Wildman–Crippen LogP) is 1.68. The molecule has 7 heteroatoms. The van der Waals surface area contributed by atoms with Gasteiger partial charge in [0.2, 0.25) is 0 Å². The van der Waals surface area contributed by atoms with Crippen molar-refractivity contribution in [2.75, 3.05) is 26.2 Å². The van der Waals surface area contributed by atoms with Gasteiger partial charge >= 0.3 is 0 Å². The van der Waals surface area contributed by atoms with Gasteiger partial charge < -0.3 is 10.2 Å². The number of halogens is 1. The van der Waals surface area contributed by atoms with Crippen LogP contribution in [0.4, 0.5) is 5.69 Å². The first-order chi connectivity index (χ1) is 9.09. The molecule has 0 aromatic heterocycles. The van der Waals surface area contributed by atoms with Crippen molar-refractivity contribution in [3.63, 3.8) is 0 Å². The molecule has 0 aliphatic carbocycles. The lowest BCUT2D eigenvalue weighted by molar-refractivity contribution is -0.385. The van der Waals surface area contributed by atoms with E-state index >= 15 is 0 Å². The molecule has 1 fully saturated rings. The van der Waals surface area contributed by atoms with Gasteiger partial charge in [-0.25, -0.2) is 0 Å². The van der Waals surface area contributed by atoms with Crippen LogP contribution in [-0.4, -0.2) is 41.9 Å². The molecular weight excluding hydrogens is 270 g/mol. The molecule has 0 saturated carbocycles. The zero-order chi connectivity index (χ0) is 13.8. The molecule has 1 aliphatic rings. The van der Waals surface area contributed by atoms with Crippen LogP contribution in [0.1, 0.15) is 16.8 Å². The average molecular weight is 284 g/mol. The molecule has 0 atom stereocenters. The first kappa shape index (κ1) is 13.8. The normalized spacial score (nSPS) is 15.9. The maximum atomic E-state index is 12.3. The average Bonchev–Trinajstić information content (AvgIpc) is 2.66. The summed E-state index contributed by atoms with van der Waals surface area (Å²) in [4.78, 5) is 24.4. The summed E-state index contributed by atoms with van der Waals surface area (Å²) in [6.07, 6.45) is 0.840. The van der Waals surface area contributed by atoms with Crippen molar-refractivity contribution in [3.05, 3.63) is 38.9 Å². The second-order valence-electron chi connectivity index (χ2n) is 4.31. The maximum absolute atomic E-state index is 12.3. The molecule has 6 nitrogen and oxygen atoms in total. The fourth-order valence-corrected chi connectivity index (χ4v) is 2.22. The Bertz CT molecular complexity index is 499. The van der Waals surface area contributed by atoms with Gasteiger partial charge in [-0.1, -0.05) is 11.6 Å². The third-order valence-corrected chi connectivity index (χ3v) is 3.25. The van der Waals surface area contributed by atoms with Crippen LogP contribution in [0.3, 0.4) is 0 Å². The summed E-state index contributed by atoms with van der Waals surface area (Å²) in [5.41, 5.74) is -0.147. The van der Waals surface area contributed by atoms with Gasteiger partial charge in [0.15, 0.2) is 0 Å². The molecule has 102 valence electrons. The van der Waals surface area contributed by atoms with E-state index in [1.54, 1.807) is 4.90 Å². The van der Waals surface area contributed by atoms with Crippen molar-refractivity contribution in [1.29, 1.82) is 0 Å². The van der Waals surface area contributed by atoms with Crippen LogP contribution in [0.5, 0.6) is 0 Å². The van der Waals surface area contributed by atoms with Crippen LogP contribution >= 0.6 is 11.6 Å². The highest BCUT2D eigenvalue weighted by Gasteiger charge is 2.25. The third-order valence-electron chi connectivity index (χ3n) is 3.01. The number of nitrogens with one attached hydrogen (secondary N) is 1. The first-order valence-electron chi connectivity index (χ1n) is 6.03. The van der Waals surface area contributed by atoms with Gasteiger partial charge in [0.1, 0.15) is 5.56 Å². The largest absolute Gasteiger partial charge is 0.337 e. The van der Waals surface area contributed by atoms with Crippen molar-refractivity contribution < 1.29 is 9.72 Å². The van der Waals surface area contributed by atoms with Crippen LogP contribution in [-0.2, 0) is 0 Å². The quantitative estimate of drug-likeness (QED) is 0.662. The Kier molecular flexibility index (Phi) is 4.34. The van der Waals surface area contributed by atoms with Gasteiger partial charge in [0.25, 0.3) is 11.6 Å². The molecule has 0 spiro atoms. The van der Waals surface area contributed by atoms with E-state index < -0.39 is 4.92 Å². The second kappa shape index (κ2) is 5.99. The number of carbonyl (C=O) groups is 1. The van der Waals surface area contributed by atoms with E-state index in [4.69, 9.17) is 11.6 Å². The predicted molar refractivity (Wildman–Crippen MR) is 71.5 cm³/mol. The zero-order valence-electron chi connectivity index (χ0n) is 10.3. The Morgan fingerprint density at radius 3 is 2.89 bits per heavy atom. The van der Waals surface area contributed by atoms with Gasteiger partial charge in [0.05, 0.1) is 4.92 Å². The highest BCUT2D eigenvalue weighted by Crippen LogP contribution is 2.24. The summed E-state index contributed by atoms with van der Waals surface area (Å²) in [7, 11) is 0. The molecule has 1 saturated heterocycles. The smallest absolute Gasteiger partial charge is 0.283 e. The van der Waals surface area contributed by atoms with Crippen molar-refractivity contribution in [1.82, 2.24) is 10.2 Å².